The first-order chi connectivity index (χ1) is 15.9. The molecule has 5 nitrogen and oxygen atoms in total. The van der Waals surface area contributed by atoms with Crippen molar-refractivity contribution in [3.05, 3.63) is 90.0 Å². The highest BCUT2D eigenvalue weighted by Crippen LogP contribution is 2.36. The van der Waals surface area contributed by atoms with Gasteiger partial charge in [0.25, 0.3) is 5.91 Å². The van der Waals surface area contributed by atoms with Gasteiger partial charge < -0.3 is 15.1 Å². The smallest absolute Gasteiger partial charge is 0.253 e. The molecule has 5 heteroatoms. The lowest BCUT2D eigenvalue weighted by Gasteiger charge is -2.28. The van der Waals surface area contributed by atoms with Gasteiger partial charge in [0.05, 0.1) is 5.41 Å². The summed E-state index contributed by atoms with van der Waals surface area (Å²) in [5, 5.41) is 2.85. The molecule has 1 atom stereocenters. The van der Waals surface area contributed by atoms with Crippen LogP contribution in [0.2, 0.25) is 0 Å². The molecule has 1 aliphatic heterocycles. The van der Waals surface area contributed by atoms with Crippen LogP contribution in [0.15, 0.2) is 78.9 Å². The topological polar surface area (TPSA) is 52.7 Å². The summed E-state index contributed by atoms with van der Waals surface area (Å²) < 4.78 is 0. The molecular formula is C28H31N3O2. The molecule has 0 bridgehead atoms. The van der Waals surface area contributed by atoms with Gasteiger partial charge in [0.2, 0.25) is 5.91 Å². The molecule has 4 rings (SSSR count). The van der Waals surface area contributed by atoms with E-state index in [0.717, 1.165) is 22.4 Å². The zero-order valence-corrected chi connectivity index (χ0v) is 19.5. The second kappa shape index (κ2) is 9.49. The largest absolute Gasteiger partial charge is 0.378 e. The standard InChI is InChI=1S/C28H31N3O2/c1-29-27(33)28(19-21-9-7-12-23(17-21)22-10-5-4-6-11-22)15-16-31(20-28)26(32)24-13-8-14-25(18-24)30(2)3/h4-14,17-18H,15-16,19-20H2,1-3H3,(H,29,33). The van der Waals surface area contributed by atoms with E-state index in [2.05, 4.69) is 35.6 Å². The van der Waals surface area contributed by atoms with E-state index in [1.165, 1.54) is 0 Å². The van der Waals surface area contributed by atoms with Crippen LogP contribution in [-0.4, -0.2) is 50.9 Å². The number of carbonyl (C=O) groups excluding carboxylic acids is 2. The van der Waals surface area contributed by atoms with Crippen LogP contribution >= 0.6 is 0 Å². The second-order valence-electron chi connectivity index (χ2n) is 9.02. The highest BCUT2D eigenvalue weighted by Gasteiger charge is 2.45. The van der Waals surface area contributed by atoms with Gasteiger partial charge in [-0.05, 0) is 47.7 Å². The van der Waals surface area contributed by atoms with E-state index in [1.807, 2.05) is 72.4 Å². The lowest BCUT2D eigenvalue weighted by atomic mass is 9.79. The minimum atomic E-state index is -0.640. The molecule has 0 radical (unpaired) electrons. The Hall–Kier alpha value is -3.60. The zero-order chi connectivity index (χ0) is 23.4. The third-order valence-electron chi connectivity index (χ3n) is 6.54. The van der Waals surface area contributed by atoms with E-state index in [0.29, 0.717) is 31.5 Å². The van der Waals surface area contributed by atoms with Crippen molar-refractivity contribution in [1.29, 1.82) is 0 Å². The van der Waals surface area contributed by atoms with Crippen molar-refractivity contribution < 1.29 is 9.59 Å². The van der Waals surface area contributed by atoms with Gasteiger partial charge in [0, 0.05) is 45.5 Å². The molecule has 3 aromatic carbocycles. The Balaban J connectivity index is 1.58. The first kappa shape index (κ1) is 22.6. The average molecular weight is 442 g/mol. The summed E-state index contributed by atoms with van der Waals surface area (Å²) in [6.07, 6.45) is 1.23. The first-order valence-corrected chi connectivity index (χ1v) is 11.3. The van der Waals surface area contributed by atoms with E-state index in [4.69, 9.17) is 0 Å². The van der Waals surface area contributed by atoms with E-state index < -0.39 is 5.41 Å². The summed E-state index contributed by atoms with van der Waals surface area (Å²) in [6, 6.07) is 26.2. The van der Waals surface area contributed by atoms with E-state index in [9.17, 15) is 9.59 Å². The number of hydrogen-bond acceptors (Lipinski definition) is 3. The van der Waals surface area contributed by atoms with Gasteiger partial charge >= 0.3 is 0 Å². The van der Waals surface area contributed by atoms with Crippen LogP contribution in [-0.2, 0) is 11.2 Å². The monoisotopic (exact) mass is 441 g/mol. The fraction of sp³-hybridized carbons (Fsp3) is 0.286. The van der Waals surface area contributed by atoms with Crippen molar-refractivity contribution in [3.8, 4) is 11.1 Å². The minimum Gasteiger partial charge on any atom is -0.378 e. The molecule has 1 fully saturated rings. The molecule has 1 N–H and O–H groups in total. The number of nitrogens with zero attached hydrogens (tertiary/aromatic N) is 2. The van der Waals surface area contributed by atoms with Gasteiger partial charge in [0.1, 0.15) is 0 Å². The molecule has 1 heterocycles. The maximum atomic E-state index is 13.3. The van der Waals surface area contributed by atoms with Crippen LogP contribution < -0.4 is 10.2 Å². The van der Waals surface area contributed by atoms with E-state index >= 15 is 0 Å². The lowest BCUT2D eigenvalue weighted by Crippen LogP contribution is -2.44. The second-order valence-corrected chi connectivity index (χ2v) is 9.02. The molecule has 1 saturated heterocycles. The number of nitrogens with one attached hydrogen (secondary N) is 1. The molecule has 1 aliphatic rings. The van der Waals surface area contributed by atoms with Crippen LogP contribution in [0.5, 0.6) is 0 Å². The number of anilines is 1. The van der Waals surface area contributed by atoms with E-state index in [1.54, 1.807) is 7.05 Å². The number of benzene rings is 3. The maximum Gasteiger partial charge on any atom is 0.253 e. The molecule has 170 valence electrons. The Kier molecular flexibility index (Phi) is 6.50. The van der Waals surface area contributed by atoms with Gasteiger partial charge in [-0.25, -0.2) is 0 Å². The summed E-state index contributed by atoms with van der Waals surface area (Å²) >= 11 is 0. The van der Waals surface area contributed by atoms with Gasteiger partial charge in [-0.2, -0.15) is 0 Å². The fourth-order valence-corrected chi connectivity index (χ4v) is 4.70. The molecule has 0 spiro atoms. The SMILES string of the molecule is CNC(=O)C1(Cc2cccc(-c3ccccc3)c2)CCN(C(=O)c2cccc(N(C)C)c2)C1. The van der Waals surface area contributed by atoms with Crippen molar-refractivity contribution in [2.75, 3.05) is 39.1 Å². The van der Waals surface area contributed by atoms with Crippen molar-refractivity contribution in [2.45, 2.75) is 12.8 Å². The highest BCUT2D eigenvalue weighted by atomic mass is 16.2. The Bertz CT molecular complexity index is 1140. The van der Waals surface area contributed by atoms with Crippen LogP contribution in [0.25, 0.3) is 11.1 Å². The Morgan fingerprint density at radius 2 is 1.67 bits per heavy atom. The maximum absolute atomic E-state index is 13.3. The quantitative estimate of drug-likeness (QED) is 0.623. The molecule has 3 aromatic rings. The van der Waals surface area contributed by atoms with Crippen LogP contribution in [0.3, 0.4) is 0 Å². The first-order valence-electron chi connectivity index (χ1n) is 11.3. The van der Waals surface area contributed by atoms with Crippen molar-refractivity contribution in [1.82, 2.24) is 10.2 Å². The molecule has 0 saturated carbocycles. The Labute approximate surface area is 196 Å². The Morgan fingerprint density at radius 1 is 0.939 bits per heavy atom. The molecule has 2 amide bonds. The van der Waals surface area contributed by atoms with E-state index in [-0.39, 0.29) is 11.8 Å². The summed E-state index contributed by atoms with van der Waals surface area (Å²) in [4.78, 5) is 30.2. The minimum absolute atomic E-state index is 0.00930. The third-order valence-corrected chi connectivity index (χ3v) is 6.54. The van der Waals surface area contributed by atoms with Gasteiger partial charge in [-0.3, -0.25) is 9.59 Å². The summed E-state index contributed by atoms with van der Waals surface area (Å²) in [6.45, 7) is 0.976. The normalized spacial score (nSPS) is 17.6. The predicted octanol–water partition coefficient (Wildman–Crippen LogP) is 4.24. The van der Waals surface area contributed by atoms with Crippen molar-refractivity contribution in [3.63, 3.8) is 0 Å². The molecule has 1 unspecified atom stereocenters. The molecule has 0 aromatic heterocycles. The highest BCUT2D eigenvalue weighted by molar-refractivity contribution is 5.96. The number of likely N-dealkylation sites (tertiary alicyclic amines) is 1. The number of amides is 2. The number of hydrogen-bond donors (Lipinski definition) is 1. The van der Waals surface area contributed by atoms with Gasteiger partial charge in [-0.1, -0.05) is 60.7 Å². The fourth-order valence-electron chi connectivity index (χ4n) is 4.70. The summed E-state index contributed by atoms with van der Waals surface area (Å²) in [7, 11) is 5.59. The van der Waals surface area contributed by atoms with Crippen molar-refractivity contribution in [2.24, 2.45) is 5.41 Å². The van der Waals surface area contributed by atoms with Gasteiger partial charge in [0.15, 0.2) is 0 Å². The molecule has 0 aliphatic carbocycles. The summed E-state index contributed by atoms with van der Waals surface area (Å²) in [5.41, 5.74) is 4.38. The number of carbonyl (C=O) groups is 2. The van der Waals surface area contributed by atoms with Crippen LogP contribution in [0, 0.1) is 5.41 Å². The summed E-state index contributed by atoms with van der Waals surface area (Å²) in [5.74, 6) is -0.0347. The predicted molar refractivity (Wildman–Crippen MR) is 133 cm³/mol. The van der Waals surface area contributed by atoms with Crippen LogP contribution in [0.4, 0.5) is 5.69 Å². The Morgan fingerprint density at radius 3 is 2.39 bits per heavy atom. The average Bonchev–Trinajstić information content (AvgIpc) is 3.29. The van der Waals surface area contributed by atoms with Crippen LogP contribution in [0.1, 0.15) is 22.3 Å². The third kappa shape index (κ3) is 4.77. The lowest BCUT2D eigenvalue weighted by molar-refractivity contribution is -0.129. The van der Waals surface area contributed by atoms with Crippen molar-refractivity contribution >= 4 is 17.5 Å². The zero-order valence-electron chi connectivity index (χ0n) is 19.5. The molecule has 33 heavy (non-hydrogen) atoms. The number of rotatable bonds is 6. The molecular weight excluding hydrogens is 410 g/mol. The van der Waals surface area contributed by atoms with Gasteiger partial charge in [-0.15, -0.1) is 0 Å².